The van der Waals surface area contributed by atoms with E-state index in [2.05, 4.69) is 20.4 Å². The molecule has 0 radical (unpaired) electrons. The summed E-state index contributed by atoms with van der Waals surface area (Å²) in [6, 6.07) is 8.03. The van der Waals surface area contributed by atoms with E-state index in [1.54, 1.807) is 17.1 Å². The van der Waals surface area contributed by atoms with E-state index in [9.17, 15) is 0 Å². The molecule has 0 atom stereocenters. The first kappa shape index (κ1) is 7.75. The third-order valence-electron chi connectivity index (χ3n) is 2.66. The molecule has 0 saturated heterocycles. The fourth-order valence-electron chi connectivity index (χ4n) is 1.96. The molecule has 3 heterocycles. The summed E-state index contributed by atoms with van der Waals surface area (Å²) in [5, 5.41) is 15.3. The van der Waals surface area contributed by atoms with Crippen molar-refractivity contribution in [2.75, 3.05) is 0 Å². The molecule has 3 aromatic heterocycles. The molecule has 1 aromatic carbocycles. The molecular weight excluding hydrogens is 204 g/mol. The minimum Gasteiger partial charge on any atom is -0.171 e. The van der Waals surface area contributed by atoms with E-state index in [4.69, 9.17) is 0 Å². The molecule has 0 spiro atoms. The van der Waals surface area contributed by atoms with Crippen molar-refractivity contribution in [2.45, 2.75) is 0 Å². The van der Waals surface area contributed by atoms with Crippen molar-refractivity contribution in [3.8, 4) is 0 Å². The van der Waals surface area contributed by atoms with Gasteiger partial charge in [0.2, 0.25) is 5.52 Å². The van der Waals surface area contributed by atoms with E-state index in [0.29, 0.717) is 0 Å². The normalized spacial score (nSPS) is 11.8. The van der Waals surface area contributed by atoms with E-state index in [1.807, 2.05) is 28.8 Å². The van der Waals surface area contributed by atoms with Crippen LogP contribution in [0.1, 0.15) is 0 Å². The van der Waals surface area contributed by atoms with Crippen molar-refractivity contribution in [1.29, 1.82) is 0 Å². The van der Waals surface area contributed by atoms with Gasteiger partial charge in [-0.05, 0) is 12.1 Å². The molecule has 16 heavy (non-hydrogen) atoms. The van der Waals surface area contributed by atoms with Crippen LogP contribution in [0.3, 0.4) is 0 Å². The van der Waals surface area contributed by atoms with Crippen LogP contribution < -0.4 is 4.52 Å². The average molecular weight is 211 g/mol. The number of hydrogen-bond donors (Lipinski definition) is 1. The quantitative estimate of drug-likeness (QED) is 0.427. The van der Waals surface area contributed by atoms with Crippen LogP contribution in [-0.4, -0.2) is 25.1 Å². The topological polar surface area (TPSA) is 63.0 Å². The predicted molar refractivity (Wildman–Crippen MR) is 55.8 cm³/mol. The molecule has 0 aliphatic heterocycles. The Hall–Kier alpha value is -2.50. The zero-order chi connectivity index (χ0) is 10.5. The molecular formula is C10H7N6+. The molecule has 0 amide bonds. The van der Waals surface area contributed by atoms with Crippen LogP contribution in [0.2, 0.25) is 0 Å². The number of nitrogens with zero attached hydrogens (tertiary/aromatic N) is 5. The highest BCUT2D eigenvalue weighted by atomic mass is 15.6. The number of aromatic nitrogens is 6. The Morgan fingerprint density at radius 1 is 1.06 bits per heavy atom. The Bertz CT molecular complexity index is 746. The molecule has 4 rings (SSSR count). The summed E-state index contributed by atoms with van der Waals surface area (Å²) >= 11 is 0. The van der Waals surface area contributed by atoms with Gasteiger partial charge in [0.25, 0.3) is 0 Å². The summed E-state index contributed by atoms with van der Waals surface area (Å²) in [6.07, 6.45) is 3.36. The van der Waals surface area contributed by atoms with Gasteiger partial charge in [-0.25, -0.2) is 0 Å². The number of H-pyrrole nitrogens is 1. The van der Waals surface area contributed by atoms with Gasteiger partial charge in [0.1, 0.15) is 0 Å². The molecule has 0 saturated carbocycles. The van der Waals surface area contributed by atoms with E-state index < -0.39 is 0 Å². The Kier molecular flexibility index (Phi) is 1.23. The number of aromatic amines is 1. The molecule has 0 fully saturated rings. The number of nitrogens with one attached hydrogen (secondary N) is 1. The Balaban J connectivity index is 2.38. The van der Waals surface area contributed by atoms with Crippen LogP contribution in [0.15, 0.2) is 36.7 Å². The molecule has 0 aliphatic rings. The minimum absolute atomic E-state index is 0.817. The second-order valence-corrected chi connectivity index (χ2v) is 3.59. The largest absolute Gasteiger partial charge is 0.228 e. The highest BCUT2D eigenvalue weighted by Gasteiger charge is 2.16. The summed E-state index contributed by atoms with van der Waals surface area (Å²) < 4.78 is 3.66. The van der Waals surface area contributed by atoms with Gasteiger partial charge in [-0.1, -0.05) is 12.1 Å². The summed E-state index contributed by atoms with van der Waals surface area (Å²) in [4.78, 5) is 0. The molecule has 0 bridgehead atoms. The second-order valence-electron chi connectivity index (χ2n) is 3.59. The first-order valence-electron chi connectivity index (χ1n) is 4.92. The first-order valence-corrected chi connectivity index (χ1v) is 4.92. The predicted octanol–water partition coefficient (Wildman–Crippen LogP) is 0.344. The van der Waals surface area contributed by atoms with Crippen LogP contribution in [0, 0.1) is 0 Å². The summed E-state index contributed by atoms with van der Waals surface area (Å²) in [5.41, 5.74) is 3.86. The third kappa shape index (κ3) is 0.813. The maximum atomic E-state index is 4.37. The Morgan fingerprint density at radius 2 is 1.94 bits per heavy atom. The molecule has 76 valence electrons. The fourth-order valence-corrected chi connectivity index (χ4v) is 1.96. The Labute approximate surface area is 89.1 Å². The fraction of sp³-hybridized carbons (Fsp3) is 0. The van der Waals surface area contributed by atoms with Crippen molar-refractivity contribution < 1.29 is 4.52 Å². The van der Waals surface area contributed by atoms with Crippen molar-refractivity contribution in [2.24, 2.45) is 0 Å². The van der Waals surface area contributed by atoms with Crippen LogP contribution >= 0.6 is 0 Å². The highest BCUT2D eigenvalue weighted by molar-refractivity contribution is 5.74. The number of rotatable bonds is 0. The van der Waals surface area contributed by atoms with Gasteiger partial charge in [0, 0.05) is 5.10 Å². The molecule has 6 heteroatoms. The zero-order valence-corrected chi connectivity index (χ0v) is 8.20. The lowest BCUT2D eigenvalue weighted by molar-refractivity contribution is -0.573. The van der Waals surface area contributed by atoms with E-state index >= 15 is 0 Å². The van der Waals surface area contributed by atoms with Crippen LogP contribution in [0.5, 0.6) is 0 Å². The van der Waals surface area contributed by atoms with Gasteiger partial charge in [0.15, 0.2) is 16.6 Å². The summed E-state index contributed by atoms with van der Waals surface area (Å²) in [5.74, 6) is 0. The van der Waals surface area contributed by atoms with Gasteiger partial charge < -0.3 is 0 Å². The van der Waals surface area contributed by atoms with Crippen LogP contribution in [0.4, 0.5) is 0 Å². The maximum absolute atomic E-state index is 4.37. The van der Waals surface area contributed by atoms with Crippen molar-refractivity contribution in [1.82, 2.24) is 25.1 Å². The summed E-state index contributed by atoms with van der Waals surface area (Å²) in [7, 11) is 0. The smallest absolute Gasteiger partial charge is 0.171 e. The number of para-hydroxylation sites is 2. The lowest BCUT2D eigenvalue weighted by Crippen LogP contribution is -2.26. The molecule has 4 aromatic rings. The maximum Gasteiger partial charge on any atom is 0.228 e. The third-order valence-corrected chi connectivity index (χ3v) is 2.66. The Morgan fingerprint density at radius 3 is 2.94 bits per heavy atom. The van der Waals surface area contributed by atoms with Gasteiger partial charge >= 0.3 is 0 Å². The number of benzene rings is 1. The average Bonchev–Trinajstić information content (AvgIpc) is 2.83. The monoisotopic (exact) mass is 211 g/mol. The zero-order valence-electron chi connectivity index (χ0n) is 8.20. The van der Waals surface area contributed by atoms with Crippen molar-refractivity contribution in [3.63, 3.8) is 0 Å². The molecule has 6 nitrogen and oxygen atoms in total. The van der Waals surface area contributed by atoms with E-state index in [1.165, 1.54) is 0 Å². The second kappa shape index (κ2) is 2.54. The number of hydrogen-bond acceptors (Lipinski definition) is 3. The lowest BCUT2D eigenvalue weighted by Gasteiger charge is -1.83. The van der Waals surface area contributed by atoms with Gasteiger partial charge in [0.05, 0.1) is 17.1 Å². The molecule has 0 aliphatic carbocycles. The van der Waals surface area contributed by atoms with Crippen molar-refractivity contribution in [3.05, 3.63) is 36.7 Å². The standard InChI is InChI=1S/C10H7N6/c1-2-4-9-7(3-1)13-16-14-8-5-11-12-6-10(8)15(9)16/h1-6H,(H,13,14)/q+1. The SMILES string of the molecule is c1ccc2c(c1)[nH]n1nc3cnncc3[n+]21. The van der Waals surface area contributed by atoms with Crippen LogP contribution in [0.25, 0.3) is 22.1 Å². The van der Waals surface area contributed by atoms with Gasteiger partial charge in [-0.15, -0.1) is 4.52 Å². The lowest BCUT2D eigenvalue weighted by atomic mass is 10.3. The summed E-state index contributed by atoms with van der Waals surface area (Å²) in [6.45, 7) is 0. The first-order chi connectivity index (χ1) is 7.93. The van der Waals surface area contributed by atoms with Crippen molar-refractivity contribution >= 4 is 22.1 Å². The molecule has 1 N–H and O–H groups in total. The molecule has 0 unspecified atom stereocenters. The van der Waals surface area contributed by atoms with E-state index in [0.717, 1.165) is 22.1 Å². The van der Waals surface area contributed by atoms with E-state index in [-0.39, 0.29) is 0 Å². The minimum atomic E-state index is 0.817. The van der Waals surface area contributed by atoms with Gasteiger partial charge in [-0.3, -0.25) is 0 Å². The number of fused-ring (bicyclic) bond motifs is 5. The van der Waals surface area contributed by atoms with Crippen LogP contribution in [-0.2, 0) is 0 Å². The van der Waals surface area contributed by atoms with Gasteiger partial charge in [-0.2, -0.15) is 15.3 Å². The highest BCUT2D eigenvalue weighted by Crippen LogP contribution is 2.09.